The van der Waals surface area contributed by atoms with E-state index in [1.807, 2.05) is 36.4 Å². The van der Waals surface area contributed by atoms with Crippen LogP contribution in [-0.4, -0.2) is 11.2 Å². The van der Waals surface area contributed by atoms with Crippen molar-refractivity contribution in [1.29, 1.82) is 0 Å². The van der Waals surface area contributed by atoms with E-state index < -0.39 is 6.10 Å². The van der Waals surface area contributed by atoms with Crippen molar-refractivity contribution in [3.8, 4) is 23.5 Å². The number of halogens is 1. The van der Waals surface area contributed by atoms with Gasteiger partial charge in [0.15, 0.2) is 0 Å². The zero-order chi connectivity index (χ0) is 13.4. The highest BCUT2D eigenvalue weighted by Gasteiger charge is 2.33. The molecule has 2 atom stereocenters. The number of hydrogen-bond donors (Lipinski definition) is 1. The van der Waals surface area contributed by atoms with E-state index in [9.17, 15) is 5.11 Å². The second-order valence-corrected chi connectivity index (χ2v) is 5.21. The Hall–Kier alpha value is -1.75. The molecule has 19 heavy (non-hydrogen) atoms. The van der Waals surface area contributed by atoms with E-state index >= 15 is 0 Å². The predicted octanol–water partition coefficient (Wildman–Crippen LogP) is 3.84. The van der Waals surface area contributed by atoms with Crippen molar-refractivity contribution in [3.63, 3.8) is 0 Å². The summed E-state index contributed by atoms with van der Waals surface area (Å²) in [6.45, 7) is 0. The maximum Gasteiger partial charge on any atom is 0.0758 e. The fraction of sp³-hybridized carbons (Fsp3) is 0.176. The highest BCUT2D eigenvalue weighted by Crippen LogP contribution is 2.47. The van der Waals surface area contributed by atoms with Crippen LogP contribution in [-0.2, 0) is 0 Å². The van der Waals surface area contributed by atoms with Gasteiger partial charge in [-0.25, -0.2) is 0 Å². The Bertz CT molecular complexity index is 669. The van der Waals surface area contributed by atoms with Crippen molar-refractivity contribution in [2.45, 2.75) is 18.4 Å². The second-order valence-electron chi connectivity index (χ2n) is 4.77. The summed E-state index contributed by atoms with van der Waals surface area (Å²) in [4.78, 5) is 0. The lowest BCUT2D eigenvalue weighted by molar-refractivity contribution is 0.163. The monoisotopic (exact) mass is 268 g/mol. The molecule has 2 aromatic carbocycles. The molecule has 3 rings (SSSR count). The van der Waals surface area contributed by atoms with E-state index in [1.54, 1.807) is 0 Å². The van der Waals surface area contributed by atoms with E-state index in [-0.39, 0.29) is 5.92 Å². The molecule has 0 aromatic heterocycles. The summed E-state index contributed by atoms with van der Waals surface area (Å²) in [5.41, 5.74) is 4.47. The van der Waals surface area contributed by atoms with Gasteiger partial charge >= 0.3 is 0 Å². The Morgan fingerprint density at radius 3 is 2.68 bits per heavy atom. The van der Waals surface area contributed by atoms with Crippen LogP contribution in [0.2, 0.25) is 5.02 Å². The molecule has 1 N–H and O–H groups in total. The molecule has 0 fully saturated rings. The number of rotatable bonds is 2. The number of fused-ring (bicyclic) bond motifs is 3. The summed E-state index contributed by atoms with van der Waals surface area (Å²) >= 11 is 6.08. The van der Waals surface area contributed by atoms with Crippen molar-refractivity contribution >= 4 is 11.6 Å². The highest BCUT2D eigenvalue weighted by atomic mass is 35.5. The van der Waals surface area contributed by atoms with Gasteiger partial charge in [0.2, 0.25) is 0 Å². The molecule has 0 aliphatic heterocycles. The van der Waals surface area contributed by atoms with Gasteiger partial charge in [-0.1, -0.05) is 41.9 Å². The molecule has 0 spiro atoms. The largest absolute Gasteiger partial charge is 0.391 e. The molecular formula is C17H13ClO. The minimum atomic E-state index is -0.562. The summed E-state index contributed by atoms with van der Waals surface area (Å²) < 4.78 is 0. The molecule has 2 heteroatoms. The van der Waals surface area contributed by atoms with Crippen LogP contribution in [0.1, 0.15) is 23.5 Å². The Morgan fingerprint density at radius 2 is 1.89 bits per heavy atom. The highest BCUT2D eigenvalue weighted by molar-refractivity contribution is 6.31. The summed E-state index contributed by atoms with van der Waals surface area (Å²) in [5.74, 6) is 2.49. The van der Waals surface area contributed by atoms with E-state index in [4.69, 9.17) is 18.0 Å². The third kappa shape index (κ3) is 1.94. The van der Waals surface area contributed by atoms with Gasteiger partial charge in [-0.3, -0.25) is 0 Å². The van der Waals surface area contributed by atoms with Gasteiger partial charge in [-0.2, -0.15) is 0 Å². The molecular weight excluding hydrogens is 256 g/mol. The minimum Gasteiger partial charge on any atom is -0.391 e. The number of hydrogen-bond acceptors (Lipinski definition) is 1. The molecule has 0 saturated carbocycles. The Kier molecular flexibility index (Phi) is 3.06. The Labute approximate surface area is 117 Å². The van der Waals surface area contributed by atoms with E-state index in [1.165, 1.54) is 0 Å². The minimum absolute atomic E-state index is 0.0560. The molecule has 94 valence electrons. The average Bonchev–Trinajstić information content (AvgIpc) is 2.73. The first-order valence-electron chi connectivity index (χ1n) is 6.22. The molecule has 0 heterocycles. The summed E-state index contributed by atoms with van der Waals surface area (Å²) in [6.07, 6.45) is 5.12. The third-order valence-corrected chi connectivity index (χ3v) is 3.88. The lowest BCUT2D eigenvalue weighted by Crippen LogP contribution is -2.17. The van der Waals surface area contributed by atoms with Crippen LogP contribution in [0.3, 0.4) is 0 Å². The summed E-state index contributed by atoms with van der Waals surface area (Å²) in [7, 11) is 0. The molecule has 2 aromatic rings. The lowest BCUT2D eigenvalue weighted by Gasteiger charge is -2.18. The first-order chi connectivity index (χ1) is 9.22. The summed E-state index contributed by atoms with van der Waals surface area (Å²) in [6, 6.07) is 13.9. The van der Waals surface area contributed by atoms with Gasteiger partial charge in [-0.15, -0.1) is 12.3 Å². The van der Waals surface area contributed by atoms with Gasteiger partial charge < -0.3 is 5.11 Å². The molecule has 0 radical (unpaired) electrons. The number of benzene rings is 2. The maximum atomic E-state index is 10.3. The molecule has 0 saturated heterocycles. The lowest BCUT2D eigenvalue weighted by atomic mass is 9.90. The fourth-order valence-electron chi connectivity index (χ4n) is 2.87. The van der Waals surface area contributed by atoms with Gasteiger partial charge in [-0.05, 0) is 34.4 Å². The number of terminal acetylenes is 1. The van der Waals surface area contributed by atoms with Crippen LogP contribution in [0.5, 0.6) is 0 Å². The van der Waals surface area contributed by atoms with E-state index in [0.717, 1.165) is 22.3 Å². The third-order valence-electron chi connectivity index (χ3n) is 3.65. The second kappa shape index (κ2) is 4.74. The zero-order valence-electron chi connectivity index (χ0n) is 10.3. The normalized spacial score (nSPS) is 17.4. The first kappa shape index (κ1) is 12.3. The SMILES string of the molecule is C#CCC(O)C1c2ccccc2-c2cc(Cl)ccc21. The molecule has 1 aliphatic carbocycles. The average molecular weight is 269 g/mol. The van der Waals surface area contributed by atoms with E-state index in [2.05, 4.69) is 12.0 Å². The van der Waals surface area contributed by atoms with Crippen molar-refractivity contribution in [3.05, 3.63) is 58.6 Å². The standard InChI is InChI=1S/C17H13ClO/c1-2-5-16(19)17-13-7-4-3-6-12(13)15-10-11(18)8-9-14(15)17/h1,3-4,6-10,16-17,19H,5H2. The van der Waals surface area contributed by atoms with Crippen LogP contribution in [0.15, 0.2) is 42.5 Å². The van der Waals surface area contributed by atoms with Crippen LogP contribution in [0, 0.1) is 12.3 Å². The van der Waals surface area contributed by atoms with Crippen LogP contribution >= 0.6 is 11.6 Å². The van der Waals surface area contributed by atoms with Gasteiger partial charge in [0, 0.05) is 17.4 Å². The fourth-order valence-corrected chi connectivity index (χ4v) is 3.04. The zero-order valence-corrected chi connectivity index (χ0v) is 11.1. The van der Waals surface area contributed by atoms with Gasteiger partial charge in [0.25, 0.3) is 0 Å². The molecule has 1 nitrogen and oxygen atoms in total. The predicted molar refractivity (Wildman–Crippen MR) is 78.2 cm³/mol. The van der Waals surface area contributed by atoms with Crippen LogP contribution in [0.25, 0.3) is 11.1 Å². The van der Waals surface area contributed by atoms with Crippen molar-refractivity contribution in [1.82, 2.24) is 0 Å². The summed E-state index contributed by atoms with van der Waals surface area (Å²) in [5, 5.41) is 11.0. The Morgan fingerprint density at radius 1 is 1.16 bits per heavy atom. The number of aliphatic hydroxyl groups excluding tert-OH is 1. The topological polar surface area (TPSA) is 20.2 Å². The molecule has 0 bridgehead atoms. The van der Waals surface area contributed by atoms with Crippen molar-refractivity contribution in [2.75, 3.05) is 0 Å². The van der Waals surface area contributed by atoms with Crippen molar-refractivity contribution in [2.24, 2.45) is 0 Å². The molecule has 2 unspecified atom stereocenters. The number of aliphatic hydroxyl groups is 1. The van der Waals surface area contributed by atoms with Crippen LogP contribution in [0.4, 0.5) is 0 Å². The van der Waals surface area contributed by atoms with Gasteiger partial charge in [0.05, 0.1) is 6.10 Å². The van der Waals surface area contributed by atoms with Gasteiger partial charge in [0.1, 0.15) is 0 Å². The molecule has 0 amide bonds. The van der Waals surface area contributed by atoms with E-state index in [0.29, 0.717) is 11.4 Å². The van der Waals surface area contributed by atoms with Crippen molar-refractivity contribution < 1.29 is 5.11 Å². The molecule has 1 aliphatic rings. The van der Waals surface area contributed by atoms with Crippen LogP contribution < -0.4 is 0 Å². The maximum absolute atomic E-state index is 10.3. The first-order valence-corrected chi connectivity index (χ1v) is 6.60. The smallest absolute Gasteiger partial charge is 0.0758 e. The quantitative estimate of drug-likeness (QED) is 0.821. The Balaban J connectivity index is 2.20.